The molecule has 2 heterocycles. The average Bonchev–Trinajstić information content (AvgIpc) is 3.31. The van der Waals surface area contributed by atoms with E-state index >= 15 is 0 Å². The van der Waals surface area contributed by atoms with Crippen LogP contribution in [-0.2, 0) is 0 Å². The van der Waals surface area contributed by atoms with Crippen LogP contribution in [0.3, 0.4) is 0 Å². The van der Waals surface area contributed by atoms with E-state index in [-0.39, 0.29) is 11.4 Å². The Morgan fingerprint density at radius 3 is 2.62 bits per heavy atom. The topological polar surface area (TPSA) is 73.9 Å². The van der Waals surface area contributed by atoms with E-state index in [1.165, 1.54) is 58.0 Å². The molecular weight excluding hydrogens is 302 g/mol. The van der Waals surface area contributed by atoms with Crippen LogP contribution < -0.4 is 5.32 Å². The molecule has 1 aromatic carbocycles. The molecule has 24 heavy (non-hydrogen) atoms. The van der Waals surface area contributed by atoms with E-state index in [0.29, 0.717) is 5.56 Å². The second-order valence-electron chi connectivity index (χ2n) is 7.19. The Morgan fingerprint density at radius 1 is 1.08 bits per heavy atom. The van der Waals surface area contributed by atoms with E-state index in [1.807, 2.05) is 12.1 Å². The summed E-state index contributed by atoms with van der Waals surface area (Å²) in [5.41, 5.74) is 2.34. The number of aromatic amines is 1. The third-order valence-electron chi connectivity index (χ3n) is 5.72. The lowest BCUT2D eigenvalue weighted by Gasteiger charge is -2.45. The molecule has 128 valence electrons. The van der Waals surface area contributed by atoms with Gasteiger partial charge in [0.05, 0.1) is 0 Å². The molecule has 4 rings (SSSR count). The van der Waals surface area contributed by atoms with Gasteiger partial charge in [0.1, 0.15) is 11.0 Å². The van der Waals surface area contributed by atoms with Crippen molar-refractivity contribution in [2.45, 2.75) is 50.5 Å². The van der Waals surface area contributed by atoms with Crippen molar-refractivity contribution >= 4 is 16.9 Å². The first-order chi connectivity index (χ1) is 11.8. The molecule has 6 nitrogen and oxygen atoms in total. The second kappa shape index (κ2) is 6.51. The molecule has 1 aromatic heterocycles. The molecular formula is C18H25N5O. The standard InChI is InChI=1S/C18H25N5O/c24-17(14-6-7-15-16(12-14)21-22-20-15)19-13-18(8-2-1-3-9-18)23-10-4-5-11-23/h6-7,12H,1-5,8-11,13H2,(H,19,24)(H,20,21,22). The first kappa shape index (κ1) is 15.6. The molecule has 6 heteroatoms. The largest absolute Gasteiger partial charge is 0.350 e. The molecule has 0 radical (unpaired) electrons. The number of nitrogens with one attached hydrogen (secondary N) is 2. The van der Waals surface area contributed by atoms with Gasteiger partial charge in [-0.2, -0.15) is 15.4 Å². The minimum absolute atomic E-state index is 0.0101. The summed E-state index contributed by atoms with van der Waals surface area (Å²) in [6.07, 6.45) is 8.86. The second-order valence-corrected chi connectivity index (χ2v) is 7.19. The lowest BCUT2D eigenvalue weighted by Crippen LogP contribution is -2.55. The summed E-state index contributed by atoms with van der Waals surface area (Å²) in [6.45, 7) is 3.12. The Kier molecular flexibility index (Phi) is 4.22. The van der Waals surface area contributed by atoms with Crippen LogP contribution in [-0.4, -0.2) is 51.4 Å². The van der Waals surface area contributed by atoms with Gasteiger partial charge in [0.25, 0.3) is 5.91 Å². The SMILES string of the molecule is O=C(NCC1(N2CCCC2)CCCCC1)c1ccc2n[nH]nc2c1. The summed E-state index contributed by atoms with van der Waals surface area (Å²) < 4.78 is 0. The molecule has 0 bridgehead atoms. The predicted molar refractivity (Wildman–Crippen MR) is 92.8 cm³/mol. The Bertz CT molecular complexity index is 713. The molecule has 0 unspecified atom stereocenters. The molecule has 1 amide bonds. The number of benzene rings is 1. The van der Waals surface area contributed by atoms with Crippen LogP contribution >= 0.6 is 0 Å². The van der Waals surface area contributed by atoms with Gasteiger partial charge < -0.3 is 5.32 Å². The van der Waals surface area contributed by atoms with E-state index in [0.717, 1.165) is 17.6 Å². The lowest BCUT2D eigenvalue weighted by atomic mass is 9.80. The minimum Gasteiger partial charge on any atom is -0.350 e. The molecule has 2 N–H and O–H groups in total. The zero-order valence-electron chi connectivity index (χ0n) is 14.1. The van der Waals surface area contributed by atoms with Crippen LogP contribution in [0.4, 0.5) is 0 Å². The Morgan fingerprint density at radius 2 is 1.83 bits per heavy atom. The number of carbonyl (C=O) groups excluding carboxylic acids is 1. The third-order valence-corrected chi connectivity index (χ3v) is 5.72. The fourth-order valence-corrected chi connectivity index (χ4v) is 4.33. The van der Waals surface area contributed by atoms with Gasteiger partial charge in [0.2, 0.25) is 0 Å². The summed E-state index contributed by atoms with van der Waals surface area (Å²) in [4.78, 5) is 15.3. The van der Waals surface area contributed by atoms with Gasteiger partial charge in [-0.15, -0.1) is 0 Å². The van der Waals surface area contributed by atoms with Crippen molar-refractivity contribution < 1.29 is 4.79 Å². The maximum Gasteiger partial charge on any atom is 0.251 e. The normalized spacial score (nSPS) is 21.2. The number of H-pyrrole nitrogens is 1. The van der Waals surface area contributed by atoms with Crippen LogP contribution in [0, 0.1) is 0 Å². The predicted octanol–water partition coefficient (Wildman–Crippen LogP) is 2.49. The van der Waals surface area contributed by atoms with Crippen LogP contribution in [0.1, 0.15) is 55.3 Å². The highest BCUT2D eigenvalue weighted by Crippen LogP contribution is 2.35. The van der Waals surface area contributed by atoms with E-state index in [9.17, 15) is 4.79 Å². The van der Waals surface area contributed by atoms with Crippen molar-refractivity contribution in [1.82, 2.24) is 25.6 Å². The van der Waals surface area contributed by atoms with E-state index < -0.39 is 0 Å². The highest BCUT2D eigenvalue weighted by molar-refractivity contribution is 5.97. The number of fused-ring (bicyclic) bond motifs is 1. The summed E-state index contributed by atoms with van der Waals surface area (Å²) in [5, 5.41) is 13.9. The zero-order chi connectivity index (χ0) is 16.4. The number of aromatic nitrogens is 3. The molecule has 0 spiro atoms. The molecule has 0 atom stereocenters. The number of carbonyl (C=O) groups is 1. The Hall–Kier alpha value is -1.95. The molecule has 1 saturated heterocycles. The van der Waals surface area contributed by atoms with E-state index in [1.54, 1.807) is 6.07 Å². The smallest absolute Gasteiger partial charge is 0.251 e. The lowest BCUT2D eigenvalue weighted by molar-refractivity contribution is 0.0652. The van der Waals surface area contributed by atoms with Gasteiger partial charge in [-0.3, -0.25) is 9.69 Å². The van der Waals surface area contributed by atoms with Crippen LogP contribution in [0.25, 0.3) is 11.0 Å². The van der Waals surface area contributed by atoms with Gasteiger partial charge >= 0.3 is 0 Å². The van der Waals surface area contributed by atoms with Gasteiger partial charge in [0, 0.05) is 17.6 Å². The van der Waals surface area contributed by atoms with E-state index in [2.05, 4.69) is 25.6 Å². The first-order valence-corrected chi connectivity index (χ1v) is 9.11. The maximum atomic E-state index is 12.6. The quantitative estimate of drug-likeness (QED) is 0.905. The van der Waals surface area contributed by atoms with Crippen molar-refractivity contribution in [1.29, 1.82) is 0 Å². The Balaban J connectivity index is 1.47. The van der Waals surface area contributed by atoms with Crippen molar-refractivity contribution in [3.05, 3.63) is 23.8 Å². The van der Waals surface area contributed by atoms with Crippen molar-refractivity contribution in [3.63, 3.8) is 0 Å². The molecule has 1 aliphatic carbocycles. The van der Waals surface area contributed by atoms with Gasteiger partial charge in [-0.05, 0) is 57.0 Å². The van der Waals surface area contributed by atoms with Gasteiger partial charge in [-0.1, -0.05) is 19.3 Å². The number of likely N-dealkylation sites (tertiary alicyclic amines) is 1. The first-order valence-electron chi connectivity index (χ1n) is 9.11. The Labute approximate surface area is 142 Å². The summed E-state index contributed by atoms with van der Waals surface area (Å²) in [7, 11) is 0. The summed E-state index contributed by atoms with van der Waals surface area (Å²) >= 11 is 0. The average molecular weight is 327 g/mol. The molecule has 1 saturated carbocycles. The van der Waals surface area contributed by atoms with Gasteiger partial charge in [-0.25, -0.2) is 0 Å². The number of hydrogen-bond acceptors (Lipinski definition) is 4. The van der Waals surface area contributed by atoms with Crippen LogP contribution in [0.15, 0.2) is 18.2 Å². The third kappa shape index (κ3) is 2.90. The fourth-order valence-electron chi connectivity index (χ4n) is 4.33. The highest BCUT2D eigenvalue weighted by atomic mass is 16.1. The van der Waals surface area contributed by atoms with Crippen LogP contribution in [0.5, 0.6) is 0 Å². The van der Waals surface area contributed by atoms with Crippen LogP contribution in [0.2, 0.25) is 0 Å². The molecule has 1 aliphatic heterocycles. The van der Waals surface area contributed by atoms with Crippen molar-refractivity contribution in [2.75, 3.05) is 19.6 Å². The fraction of sp³-hybridized carbons (Fsp3) is 0.611. The highest BCUT2D eigenvalue weighted by Gasteiger charge is 2.39. The number of nitrogens with zero attached hydrogens (tertiary/aromatic N) is 3. The van der Waals surface area contributed by atoms with Crippen molar-refractivity contribution in [2.24, 2.45) is 0 Å². The maximum absolute atomic E-state index is 12.6. The van der Waals surface area contributed by atoms with Crippen molar-refractivity contribution in [3.8, 4) is 0 Å². The number of amides is 1. The zero-order valence-corrected chi connectivity index (χ0v) is 14.1. The number of rotatable bonds is 4. The van der Waals surface area contributed by atoms with Gasteiger partial charge in [0.15, 0.2) is 0 Å². The number of hydrogen-bond donors (Lipinski definition) is 2. The summed E-state index contributed by atoms with van der Waals surface area (Å²) in [6, 6.07) is 5.46. The monoisotopic (exact) mass is 327 g/mol. The van der Waals surface area contributed by atoms with E-state index in [4.69, 9.17) is 0 Å². The molecule has 2 aromatic rings. The summed E-state index contributed by atoms with van der Waals surface area (Å²) in [5.74, 6) is -0.0101. The minimum atomic E-state index is -0.0101. The molecule has 2 aliphatic rings. The molecule has 2 fully saturated rings.